The Morgan fingerprint density at radius 3 is 1.74 bits per heavy atom. The van der Waals surface area contributed by atoms with Gasteiger partial charge in [0.2, 0.25) is 0 Å². The minimum atomic E-state index is -1.65. The molecule has 0 spiro atoms. The molecule has 2 aromatic carbocycles. The molecule has 0 aromatic heterocycles. The van der Waals surface area contributed by atoms with Crippen LogP contribution in [0.5, 0.6) is 0 Å². The molecule has 1 aliphatic heterocycles. The summed E-state index contributed by atoms with van der Waals surface area (Å²) >= 11 is -0.289. The quantitative estimate of drug-likeness (QED) is 0.483. The van der Waals surface area contributed by atoms with E-state index in [1.54, 1.807) is 5.57 Å². The molecule has 1 atom stereocenters. The zero-order valence-corrected chi connectivity index (χ0v) is 20.7. The van der Waals surface area contributed by atoms with Crippen molar-refractivity contribution >= 4 is 34.9 Å². The molecule has 3 heteroatoms. The molecule has 27 heavy (non-hydrogen) atoms. The van der Waals surface area contributed by atoms with E-state index < -0.39 is 8.32 Å². The van der Waals surface area contributed by atoms with Gasteiger partial charge in [-0.1, -0.05) is 0 Å². The molecule has 0 saturated heterocycles. The SMILES string of the molecule is CC(C)(C)[C]1(O[Si](C)(C)C)CC(c2ccccc2)=C(c2ccccc2)[CH2][Ge]1. The molecule has 1 unspecified atom stereocenters. The fraction of sp³-hybridized carbons (Fsp3) is 0.417. The molecular weight excluding hydrogens is 405 g/mol. The molecule has 1 nitrogen and oxygen atoms in total. The molecule has 142 valence electrons. The third-order valence-corrected chi connectivity index (χ3v) is 11.1. The summed E-state index contributed by atoms with van der Waals surface area (Å²) in [5.74, 6) is 0. The van der Waals surface area contributed by atoms with E-state index in [9.17, 15) is 0 Å². The normalized spacial score (nSPS) is 21.4. The number of hydrogen-bond donors (Lipinski definition) is 0. The second-order valence-electron chi connectivity index (χ2n) is 9.51. The van der Waals surface area contributed by atoms with Crippen molar-refractivity contribution in [1.29, 1.82) is 0 Å². The fourth-order valence-corrected chi connectivity index (χ4v) is 11.3. The zero-order valence-electron chi connectivity index (χ0n) is 17.6. The van der Waals surface area contributed by atoms with Crippen LogP contribution in [-0.2, 0) is 4.43 Å². The van der Waals surface area contributed by atoms with Crippen molar-refractivity contribution in [1.82, 2.24) is 0 Å². The minimum absolute atomic E-state index is 0.0148. The van der Waals surface area contributed by atoms with Gasteiger partial charge >= 0.3 is 173 Å². The summed E-state index contributed by atoms with van der Waals surface area (Å²) < 4.78 is 7.04. The monoisotopic (exact) mass is 438 g/mol. The van der Waals surface area contributed by atoms with E-state index in [0.29, 0.717) is 0 Å². The molecule has 0 saturated carbocycles. The van der Waals surface area contributed by atoms with Crippen LogP contribution < -0.4 is 0 Å². The van der Waals surface area contributed by atoms with Gasteiger partial charge in [-0.15, -0.1) is 0 Å². The maximum absolute atomic E-state index is 7.03. The average molecular weight is 437 g/mol. The molecule has 0 fully saturated rings. The Morgan fingerprint density at radius 1 is 0.815 bits per heavy atom. The number of allylic oxidation sites excluding steroid dienone is 1. The van der Waals surface area contributed by atoms with Crippen LogP contribution in [0.2, 0.25) is 24.9 Å². The van der Waals surface area contributed by atoms with Crippen molar-refractivity contribution < 1.29 is 4.43 Å². The zero-order chi connectivity index (χ0) is 19.7. The molecular formula is C24H32GeOSi. The molecule has 2 aromatic rings. The van der Waals surface area contributed by atoms with Crippen LogP contribution in [0.1, 0.15) is 38.3 Å². The average Bonchev–Trinajstić information content (AvgIpc) is 2.61. The Kier molecular flexibility index (Phi) is 5.90. The Balaban J connectivity index is 2.14. The summed E-state index contributed by atoms with van der Waals surface area (Å²) in [6, 6.07) is 21.9. The summed E-state index contributed by atoms with van der Waals surface area (Å²) in [5.41, 5.74) is 5.92. The molecule has 0 bridgehead atoms. The Hall–Kier alpha value is -1.10. The van der Waals surface area contributed by atoms with Gasteiger partial charge in [0.05, 0.1) is 0 Å². The van der Waals surface area contributed by atoms with Crippen LogP contribution in [0.4, 0.5) is 0 Å². The first-order valence-corrected chi connectivity index (χ1v) is 15.8. The van der Waals surface area contributed by atoms with E-state index in [-0.39, 0.29) is 25.3 Å². The van der Waals surface area contributed by atoms with Crippen LogP contribution >= 0.6 is 0 Å². The van der Waals surface area contributed by atoms with Crippen LogP contribution in [0.3, 0.4) is 0 Å². The van der Waals surface area contributed by atoms with Crippen molar-refractivity contribution in [2.24, 2.45) is 5.41 Å². The van der Waals surface area contributed by atoms with Crippen LogP contribution in [0, 0.1) is 5.41 Å². The molecule has 1 heterocycles. The van der Waals surface area contributed by atoms with E-state index in [2.05, 4.69) is 101 Å². The molecule has 3 rings (SSSR count). The fourth-order valence-electron chi connectivity index (χ4n) is 3.87. The molecule has 2 radical (unpaired) electrons. The van der Waals surface area contributed by atoms with Gasteiger partial charge in [-0.05, 0) is 0 Å². The van der Waals surface area contributed by atoms with Crippen molar-refractivity contribution in [3.8, 4) is 0 Å². The van der Waals surface area contributed by atoms with E-state index >= 15 is 0 Å². The third kappa shape index (κ3) is 4.67. The van der Waals surface area contributed by atoms with Crippen molar-refractivity contribution in [2.45, 2.75) is 56.5 Å². The van der Waals surface area contributed by atoms with Crippen LogP contribution in [-0.4, -0.2) is 28.2 Å². The maximum atomic E-state index is 7.03. The predicted molar refractivity (Wildman–Crippen MR) is 121 cm³/mol. The van der Waals surface area contributed by atoms with E-state index in [4.69, 9.17) is 4.43 Å². The van der Waals surface area contributed by atoms with E-state index in [1.807, 2.05) is 0 Å². The van der Waals surface area contributed by atoms with Gasteiger partial charge in [0.15, 0.2) is 0 Å². The number of hydrogen-bond acceptors (Lipinski definition) is 1. The Labute approximate surface area is 172 Å². The van der Waals surface area contributed by atoms with E-state index in [0.717, 1.165) is 6.42 Å². The van der Waals surface area contributed by atoms with E-state index in [1.165, 1.54) is 22.0 Å². The van der Waals surface area contributed by atoms with Gasteiger partial charge in [0, 0.05) is 0 Å². The summed E-state index contributed by atoms with van der Waals surface area (Å²) in [6.07, 6.45) is 1.04. The van der Waals surface area contributed by atoms with Gasteiger partial charge in [0.25, 0.3) is 0 Å². The van der Waals surface area contributed by atoms with Crippen molar-refractivity contribution in [3.63, 3.8) is 0 Å². The number of rotatable bonds is 4. The first-order valence-electron chi connectivity index (χ1n) is 9.89. The van der Waals surface area contributed by atoms with Gasteiger partial charge < -0.3 is 0 Å². The Morgan fingerprint density at radius 2 is 1.30 bits per heavy atom. The molecule has 0 amide bonds. The predicted octanol–water partition coefficient (Wildman–Crippen LogP) is 6.72. The second-order valence-corrected chi connectivity index (χ2v) is 17.1. The molecule has 1 aliphatic rings. The van der Waals surface area contributed by atoms with Crippen molar-refractivity contribution in [2.75, 3.05) is 0 Å². The first kappa shape index (κ1) is 20.6. The summed E-state index contributed by atoms with van der Waals surface area (Å²) in [4.78, 5) is 0. The van der Waals surface area contributed by atoms with Crippen LogP contribution in [0.15, 0.2) is 60.7 Å². The summed E-state index contributed by atoms with van der Waals surface area (Å²) in [6.45, 7) is 14.2. The topological polar surface area (TPSA) is 9.23 Å². The molecule has 0 aliphatic carbocycles. The van der Waals surface area contributed by atoms with Gasteiger partial charge in [0.1, 0.15) is 0 Å². The Bertz CT molecular complexity index is 800. The summed E-state index contributed by atoms with van der Waals surface area (Å²) in [5, 5.41) is 1.19. The number of benzene rings is 2. The van der Waals surface area contributed by atoms with Gasteiger partial charge in [-0.25, -0.2) is 0 Å². The second kappa shape index (κ2) is 7.73. The van der Waals surface area contributed by atoms with Crippen LogP contribution in [0.25, 0.3) is 11.1 Å². The standard InChI is InChI=1S/C24H32GeOSi/c1-23(2,3)24(26-27(4,5)6)17-21(19-13-9-7-10-14-19)22(18-25-24)20-15-11-8-12-16-20/h7-16H,17-18H2,1-6H3. The third-order valence-electron chi connectivity index (χ3n) is 5.28. The van der Waals surface area contributed by atoms with Gasteiger partial charge in [-0.3, -0.25) is 0 Å². The first-order chi connectivity index (χ1) is 12.6. The van der Waals surface area contributed by atoms with Crippen molar-refractivity contribution in [3.05, 3.63) is 71.8 Å². The molecule has 0 N–H and O–H groups in total. The van der Waals surface area contributed by atoms with Gasteiger partial charge in [-0.2, -0.15) is 0 Å². The summed E-state index contributed by atoms with van der Waals surface area (Å²) in [7, 11) is -1.65.